The van der Waals surface area contributed by atoms with Crippen LogP contribution in [-0.2, 0) is 41.4 Å². The predicted octanol–water partition coefficient (Wildman–Crippen LogP) is 5.50. The summed E-state index contributed by atoms with van der Waals surface area (Å²) >= 11 is 0. The van der Waals surface area contributed by atoms with Crippen molar-refractivity contribution in [3.63, 3.8) is 0 Å². The summed E-state index contributed by atoms with van der Waals surface area (Å²) in [6, 6.07) is 9.75. The molecule has 14 heteroatoms. The Bertz CT molecular complexity index is 1850. The van der Waals surface area contributed by atoms with E-state index in [2.05, 4.69) is 24.5 Å². The fourth-order valence-corrected chi connectivity index (χ4v) is 10.7. The molecule has 4 aliphatic carbocycles. The SMILES string of the molecule is COc1ccc(C[C@H]2COC(=O)[C@@H]2Cc2ccc(OC(=O)[C@@H](N)CNCC(C)(C)C(=O)OC(C)OC(=O)NC34CC5CC(C)(CC(C)(C5)C3)C4)c(OC)c2)cc1OC. The molecule has 1 amide bonds. The fourth-order valence-electron chi connectivity index (χ4n) is 10.7. The van der Waals surface area contributed by atoms with Gasteiger partial charge in [0.2, 0.25) is 6.29 Å². The van der Waals surface area contributed by atoms with E-state index < -0.39 is 35.8 Å². The number of rotatable bonds is 17. The monoisotopic (exact) mass is 807 g/mol. The molecule has 5 fully saturated rings. The average molecular weight is 808 g/mol. The molecule has 1 saturated heterocycles. The molecule has 4 saturated carbocycles. The van der Waals surface area contributed by atoms with Crippen molar-refractivity contribution in [1.82, 2.24) is 10.6 Å². The molecular weight excluding hydrogens is 746 g/mol. The molecule has 58 heavy (non-hydrogen) atoms. The number of alkyl carbamates (subject to hydrolysis) is 1. The summed E-state index contributed by atoms with van der Waals surface area (Å²) in [4.78, 5) is 52.0. The van der Waals surface area contributed by atoms with Crippen LogP contribution in [0, 0.1) is 34.0 Å². The smallest absolute Gasteiger partial charge is 0.410 e. The van der Waals surface area contributed by atoms with E-state index in [1.54, 1.807) is 46.3 Å². The number of benzene rings is 2. The lowest BCUT2D eigenvalue weighted by molar-refractivity contribution is -0.176. The van der Waals surface area contributed by atoms with Gasteiger partial charge in [0.15, 0.2) is 23.0 Å². The lowest BCUT2D eigenvalue weighted by Crippen LogP contribution is -2.65. The summed E-state index contributed by atoms with van der Waals surface area (Å²) in [6.45, 7) is 10.0. The van der Waals surface area contributed by atoms with Crippen molar-refractivity contribution < 1.29 is 52.3 Å². The van der Waals surface area contributed by atoms with Crippen LogP contribution < -0.4 is 35.3 Å². The maximum Gasteiger partial charge on any atom is 0.410 e. The van der Waals surface area contributed by atoms with Crippen LogP contribution in [0.5, 0.6) is 23.0 Å². The van der Waals surface area contributed by atoms with E-state index in [-0.39, 0.29) is 53.0 Å². The van der Waals surface area contributed by atoms with Gasteiger partial charge in [0.1, 0.15) is 6.04 Å². The van der Waals surface area contributed by atoms with Crippen LogP contribution in [0.25, 0.3) is 0 Å². The normalized spacial score (nSPS) is 28.2. The minimum atomic E-state index is -1.09. The molecule has 2 aromatic rings. The van der Waals surface area contributed by atoms with Gasteiger partial charge >= 0.3 is 24.0 Å². The second kappa shape index (κ2) is 17.0. The van der Waals surface area contributed by atoms with Crippen molar-refractivity contribution in [3.8, 4) is 23.0 Å². The lowest BCUT2D eigenvalue weighted by Gasteiger charge is -2.65. The highest BCUT2D eigenvalue weighted by Crippen LogP contribution is 2.66. The molecule has 6 atom stereocenters. The third-order valence-electron chi connectivity index (χ3n) is 12.5. The van der Waals surface area contributed by atoms with Crippen LogP contribution in [0.3, 0.4) is 0 Å². The second-order valence-corrected chi connectivity index (χ2v) is 18.5. The van der Waals surface area contributed by atoms with E-state index >= 15 is 0 Å². The van der Waals surface area contributed by atoms with E-state index in [9.17, 15) is 19.2 Å². The standard InChI is InChI=1S/C44H61N3O11/c1-26(57-40(51)47-44-19-29-17-42(4,23-44)22-43(5,18-29)24-44)56-39(50)41(2,3)25-46-20-32(45)38(49)58-34-12-10-28(16-36(34)54-8)14-31-30(21-55-37(31)48)13-27-9-11-33(52-6)35(15-27)53-7/h9-12,15-16,26,29-32,46H,13-14,17-25,45H2,1-8H3,(H,47,51)/t26?,29?,30-,31+,32-,42?,43?,44?/m0/s1. The molecule has 7 rings (SSSR count). The van der Waals surface area contributed by atoms with Gasteiger partial charge in [-0.1, -0.05) is 26.0 Å². The highest BCUT2D eigenvalue weighted by Gasteiger charge is 2.60. The zero-order valence-electron chi connectivity index (χ0n) is 35.2. The minimum Gasteiger partial charge on any atom is -0.493 e. The quantitative estimate of drug-likeness (QED) is 0.104. The number of carbonyl (C=O) groups is 4. The van der Waals surface area contributed by atoms with Crippen molar-refractivity contribution in [2.75, 3.05) is 41.0 Å². The number of nitrogens with one attached hydrogen (secondary N) is 2. The Morgan fingerprint density at radius 1 is 0.862 bits per heavy atom. The average Bonchev–Trinajstić information content (AvgIpc) is 3.47. The topological polar surface area (TPSA) is 183 Å². The number of hydrogen-bond acceptors (Lipinski definition) is 13. The summed E-state index contributed by atoms with van der Waals surface area (Å²) < 4.78 is 38.5. The number of nitrogens with two attached hydrogens (primary N) is 1. The molecule has 3 unspecified atom stereocenters. The minimum absolute atomic E-state index is 0.0105. The molecule has 4 bridgehead atoms. The maximum atomic E-state index is 13.1. The van der Waals surface area contributed by atoms with Gasteiger partial charge in [-0.15, -0.1) is 0 Å². The van der Waals surface area contributed by atoms with Crippen molar-refractivity contribution >= 4 is 24.0 Å². The van der Waals surface area contributed by atoms with Gasteiger partial charge in [-0.05, 0) is 117 Å². The van der Waals surface area contributed by atoms with E-state index in [0.29, 0.717) is 42.6 Å². The van der Waals surface area contributed by atoms with Crippen molar-refractivity contribution in [2.24, 2.45) is 39.7 Å². The van der Waals surface area contributed by atoms with E-state index in [1.807, 2.05) is 18.2 Å². The Kier molecular flexibility index (Phi) is 12.6. The molecule has 4 N–H and O–H groups in total. The highest BCUT2D eigenvalue weighted by molar-refractivity contribution is 5.79. The van der Waals surface area contributed by atoms with Crippen LogP contribution in [-0.4, -0.2) is 82.9 Å². The first-order valence-corrected chi connectivity index (χ1v) is 20.3. The Hall–Kier alpha value is -4.56. The Labute approximate surface area is 341 Å². The number of ether oxygens (including phenoxy) is 7. The third-order valence-corrected chi connectivity index (χ3v) is 12.5. The van der Waals surface area contributed by atoms with Crippen LogP contribution in [0.2, 0.25) is 0 Å². The maximum absolute atomic E-state index is 13.1. The molecule has 2 aromatic carbocycles. The zero-order valence-corrected chi connectivity index (χ0v) is 35.2. The lowest BCUT2D eigenvalue weighted by atomic mass is 9.43. The highest BCUT2D eigenvalue weighted by atomic mass is 16.7. The largest absolute Gasteiger partial charge is 0.493 e. The number of methoxy groups -OCH3 is 3. The molecular formula is C44H61N3O11. The van der Waals surface area contributed by atoms with Gasteiger partial charge < -0.3 is 49.5 Å². The van der Waals surface area contributed by atoms with Crippen LogP contribution in [0.1, 0.15) is 84.3 Å². The van der Waals surface area contributed by atoms with Gasteiger partial charge in [-0.3, -0.25) is 9.59 Å². The van der Waals surface area contributed by atoms with Crippen LogP contribution in [0.15, 0.2) is 36.4 Å². The van der Waals surface area contributed by atoms with Gasteiger partial charge in [0.05, 0.1) is 39.3 Å². The molecule has 0 spiro atoms. The Morgan fingerprint density at radius 2 is 1.47 bits per heavy atom. The Balaban J connectivity index is 0.947. The van der Waals surface area contributed by atoms with Crippen molar-refractivity contribution in [3.05, 3.63) is 47.5 Å². The molecule has 14 nitrogen and oxygen atoms in total. The van der Waals surface area contributed by atoms with Crippen LogP contribution >= 0.6 is 0 Å². The summed E-state index contributed by atoms with van der Waals surface area (Å²) in [5, 5.41) is 6.24. The summed E-state index contributed by atoms with van der Waals surface area (Å²) in [6.07, 6.45) is 5.79. The molecule has 0 radical (unpaired) electrons. The van der Waals surface area contributed by atoms with E-state index in [1.165, 1.54) is 33.3 Å². The number of cyclic esters (lactones) is 1. The molecule has 318 valence electrons. The zero-order chi connectivity index (χ0) is 42.0. The Morgan fingerprint density at radius 3 is 2.09 bits per heavy atom. The molecule has 1 aliphatic heterocycles. The van der Waals surface area contributed by atoms with Gasteiger partial charge in [0, 0.05) is 31.5 Å². The van der Waals surface area contributed by atoms with Gasteiger partial charge in [-0.25, -0.2) is 9.59 Å². The number of hydrogen-bond donors (Lipinski definition) is 3. The molecule has 0 aromatic heterocycles. The van der Waals surface area contributed by atoms with Gasteiger partial charge in [-0.2, -0.15) is 0 Å². The summed E-state index contributed by atoms with van der Waals surface area (Å²) in [5.41, 5.74) is 7.12. The van der Waals surface area contributed by atoms with Crippen molar-refractivity contribution in [2.45, 2.75) is 104 Å². The number of carbonyl (C=O) groups excluding carboxylic acids is 4. The predicted molar refractivity (Wildman–Crippen MR) is 213 cm³/mol. The molecule has 5 aliphatic rings. The molecule has 1 heterocycles. The first-order chi connectivity index (χ1) is 27.4. The summed E-state index contributed by atoms with van der Waals surface area (Å²) in [7, 11) is 4.63. The van der Waals surface area contributed by atoms with Gasteiger partial charge in [0.25, 0.3) is 0 Å². The number of esters is 3. The first kappa shape index (κ1) is 43.0. The van der Waals surface area contributed by atoms with E-state index in [0.717, 1.165) is 30.4 Å². The van der Waals surface area contributed by atoms with Crippen LogP contribution in [0.4, 0.5) is 4.79 Å². The van der Waals surface area contributed by atoms with E-state index in [4.69, 9.17) is 38.9 Å². The second-order valence-electron chi connectivity index (χ2n) is 18.5. The van der Waals surface area contributed by atoms with Crippen molar-refractivity contribution in [1.29, 1.82) is 0 Å². The first-order valence-electron chi connectivity index (χ1n) is 20.3. The summed E-state index contributed by atoms with van der Waals surface area (Å²) in [5.74, 6) is 0.349. The number of amides is 1. The third kappa shape index (κ3) is 9.82. The fraction of sp³-hybridized carbons (Fsp3) is 0.636.